The Hall–Kier alpha value is -0.0400. The van der Waals surface area contributed by atoms with E-state index in [0.717, 1.165) is 5.92 Å². The lowest BCUT2D eigenvalue weighted by Crippen LogP contribution is -2.62. The van der Waals surface area contributed by atoms with Gasteiger partial charge in [-0.2, -0.15) is 0 Å². The molecular formula is C9H17N. The predicted octanol–water partition coefficient (Wildman–Crippen LogP) is 1.77. The standard InChI is InChI=1S/C9H17N/c1-8(2)6-4-5-9(8,3)7(6)10/h6-7H,4-5,10H2,1-3H3/t6-,7?,9+/m1/s1. The lowest BCUT2D eigenvalue weighted by atomic mass is 9.49. The molecule has 1 heteroatoms. The minimum absolute atomic E-state index is 0.470. The van der Waals surface area contributed by atoms with Crippen molar-refractivity contribution in [1.29, 1.82) is 0 Å². The molecule has 0 amide bonds. The van der Waals surface area contributed by atoms with Gasteiger partial charge in [0, 0.05) is 6.04 Å². The summed E-state index contributed by atoms with van der Waals surface area (Å²) in [6, 6.07) is 0.502. The highest BCUT2D eigenvalue weighted by molar-refractivity contribution is 5.19. The molecular weight excluding hydrogens is 122 g/mol. The minimum Gasteiger partial charge on any atom is -0.327 e. The predicted molar refractivity (Wildman–Crippen MR) is 42.6 cm³/mol. The molecule has 2 bridgehead atoms. The molecule has 2 N–H and O–H groups in total. The summed E-state index contributed by atoms with van der Waals surface area (Å²) in [6.45, 7) is 7.09. The van der Waals surface area contributed by atoms with Crippen LogP contribution in [0, 0.1) is 16.7 Å². The van der Waals surface area contributed by atoms with Crippen molar-refractivity contribution in [2.24, 2.45) is 22.5 Å². The van der Waals surface area contributed by atoms with E-state index in [9.17, 15) is 0 Å². The van der Waals surface area contributed by atoms with Crippen LogP contribution >= 0.6 is 0 Å². The summed E-state index contributed by atoms with van der Waals surface area (Å²) in [7, 11) is 0. The van der Waals surface area contributed by atoms with Gasteiger partial charge in [0.1, 0.15) is 0 Å². The molecule has 0 saturated heterocycles. The average molecular weight is 139 g/mol. The Labute approximate surface area is 63.0 Å². The molecule has 3 aliphatic rings. The molecule has 3 aliphatic carbocycles. The Morgan fingerprint density at radius 3 is 2.00 bits per heavy atom. The van der Waals surface area contributed by atoms with E-state index in [1.807, 2.05) is 0 Å². The normalized spacial score (nSPS) is 56.4. The molecule has 10 heavy (non-hydrogen) atoms. The number of nitrogens with two attached hydrogens (primary N) is 1. The lowest BCUT2D eigenvalue weighted by Gasteiger charge is -2.58. The third-order valence-corrected chi connectivity index (χ3v) is 4.54. The molecule has 3 atom stereocenters. The summed E-state index contributed by atoms with van der Waals surface area (Å²) >= 11 is 0. The SMILES string of the molecule is CC1(C)[C@@H]2CC[C@@]1(C)C2N. The quantitative estimate of drug-likeness (QED) is 0.544. The highest BCUT2D eigenvalue weighted by atomic mass is 14.9. The second kappa shape index (κ2) is 1.42. The summed E-state index contributed by atoms with van der Waals surface area (Å²) in [4.78, 5) is 0. The van der Waals surface area contributed by atoms with Crippen molar-refractivity contribution in [3.63, 3.8) is 0 Å². The molecule has 0 aromatic carbocycles. The highest BCUT2D eigenvalue weighted by Gasteiger charge is 2.67. The first-order chi connectivity index (χ1) is 4.50. The molecule has 3 fully saturated rings. The Morgan fingerprint density at radius 1 is 1.30 bits per heavy atom. The van der Waals surface area contributed by atoms with Gasteiger partial charge in [-0.25, -0.2) is 0 Å². The second-order valence-electron chi connectivity index (χ2n) is 4.81. The van der Waals surface area contributed by atoms with Gasteiger partial charge in [0.2, 0.25) is 0 Å². The van der Waals surface area contributed by atoms with Gasteiger partial charge >= 0.3 is 0 Å². The number of fused-ring (bicyclic) bond motifs is 1. The van der Waals surface area contributed by atoms with Crippen LogP contribution in [0.2, 0.25) is 0 Å². The first kappa shape index (κ1) is 6.66. The van der Waals surface area contributed by atoms with Gasteiger partial charge in [0.15, 0.2) is 0 Å². The third-order valence-electron chi connectivity index (χ3n) is 4.54. The number of hydrogen-bond donors (Lipinski definition) is 1. The van der Waals surface area contributed by atoms with Crippen molar-refractivity contribution in [3.8, 4) is 0 Å². The fraction of sp³-hybridized carbons (Fsp3) is 1.00. The van der Waals surface area contributed by atoms with Gasteiger partial charge in [-0.3, -0.25) is 0 Å². The Bertz CT molecular complexity index is 174. The molecule has 3 rings (SSSR count). The summed E-state index contributed by atoms with van der Waals surface area (Å²) < 4.78 is 0. The van der Waals surface area contributed by atoms with Crippen LogP contribution in [0.3, 0.4) is 0 Å². The molecule has 1 nitrogen and oxygen atoms in total. The first-order valence-electron chi connectivity index (χ1n) is 4.26. The van der Waals surface area contributed by atoms with Crippen LogP contribution in [0.1, 0.15) is 33.6 Å². The van der Waals surface area contributed by atoms with Crippen LogP contribution in [0.5, 0.6) is 0 Å². The maximum Gasteiger partial charge on any atom is 0.0132 e. The molecule has 0 radical (unpaired) electrons. The zero-order valence-corrected chi connectivity index (χ0v) is 7.15. The van der Waals surface area contributed by atoms with Crippen molar-refractivity contribution in [2.75, 3.05) is 0 Å². The van der Waals surface area contributed by atoms with Crippen molar-refractivity contribution < 1.29 is 0 Å². The zero-order valence-electron chi connectivity index (χ0n) is 7.15. The van der Waals surface area contributed by atoms with Crippen molar-refractivity contribution in [1.82, 2.24) is 0 Å². The zero-order chi connectivity index (χ0) is 7.57. The molecule has 0 spiro atoms. The van der Waals surface area contributed by atoms with Crippen LogP contribution in [0.4, 0.5) is 0 Å². The van der Waals surface area contributed by atoms with E-state index in [2.05, 4.69) is 20.8 Å². The van der Waals surface area contributed by atoms with Crippen LogP contribution in [0.15, 0.2) is 0 Å². The van der Waals surface area contributed by atoms with E-state index in [1.165, 1.54) is 12.8 Å². The van der Waals surface area contributed by atoms with E-state index in [4.69, 9.17) is 5.73 Å². The largest absolute Gasteiger partial charge is 0.327 e. The van der Waals surface area contributed by atoms with Crippen molar-refractivity contribution in [3.05, 3.63) is 0 Å². The monoisotopic (exact) mass is 139 g/mol. The third kappa shape index (κ3) is 0.402. The Morgan fingerprint density at radius 2 is 1.90 bits per heavy atom. The lowest BCUT2D eigenvalue weighted by molar-refractivity contribution is -0.0668. The fourth-order valence-electron chi connectivity index (χ4n) is 3.13. The summed E-state index contributed by atoms with van der Waals surface area (Å²) in [5, 5.41) is 0. The van der Waals surface area contributed by atoms with Gasteiger partial charge < -0.3 is 5.73 Å². The van der Waals surface area contributed by atoms with E-state index in [1.54, 1.807) is 0 Å². The van der Waals surface area contributed by atoms with Gasteiger partial charge in [-0.05, 0) is 29.6 Å². The van der Waals surface area contributed by atoms with Gasteiger partial charge in [-0.15, -0.1) is 0 Å². The molecule has 0 aromatic rings. The van der Waals surface area contributed by atoms with Crippen LogP contribution in [-0.4, -0.2) is 6.04 Å². The van der Waals surface area contributed by atoms with Crippen molar-refractivity contribution in [2.45, 2.75) is 39.7 Å². The molecule has 0 heterocycles. The molecule has 58 valence electrons. The molecule has 3 saturated carbocycles. The van der Waals surface area contributed by atoms with Crippen LogP contribution in [-0.2, 0) is 0 Å². The Balaban J connectivity index is 2.35. The van der Waals surface area contributed by atoms with Gasteiger partial charge in [0.25, 0.3) is 0 Å². The first-order valence-corrected chi connectivity index (χ1v) is 4.26. The maximum atomic E-state index is 6.04. The summed E-state index contributed by atoms with van der Waals surface area (Å²) in [5.41, 5.74) is 7.04. The summed E-state index contributed by atoms with van der Waals surface area (Å²) in [6.07, 6.45) is 2.72. The molecule has 1 unspecified atom stereocenters. The Kier molecular flexibility index (Phi) is 0.949. The van der Waals surface area contributed by atoms with Crippen molar-refractivity contribution >= 4 is 0 Å². The smallest absolute Gasteiger partial charge is 0.0132 e. The van der Waals surface area contributed by atoms with E-state index >= 15 is 0 Å². The van der Waals surface area contributed by atoms with E-state index in [-0.39, 0.29) is 0 Å². The van der Waals surface area contributed by atoms with E-state index in [0.29, 0.717) is 16.9 Å². The fourth-order valence-corrected chi connectivity index (χ4v) is 3.13. The van der Waals surface area contributed by atoms with Gasteiger partial charge in [0.05, 0.1) is 0 Å². The van der Waals surface area contributed by atoms with Gasteiger partial charge in [-0.1, -0.05) is 20.8 Å². The number of hydrogen-bond acceptors (Lipinski definition) is 1. The average Bonchev–Trinajstić information content (AvgIpc) is 2.23. The molecule has 0 aliphatic heterocycles. The van der Waals surface area contributed by atoms with E-state index < -0.39 is 0 Å². The second-order valence-corrected chi connectivity index (χ2v) is 4.81. The molecule has 0 aromatic heterocycles. The summed E-state index contributed by atoms with van der Waals surface area (Å²) in [5.74, 6) is 0.817. The highest BCUT2D eigenvalue weighted by Crippen LogP contribution is 2.69. The van der Waals surface area contributed by atoms with Crippen LogP contribution in [0.25, 0.3) is 0 Å². The maximum absolute atomic E-state index is 6.04. The van der Waals surface area contributed by atoms with Crippen LogP contribution < -0.4 is 5.73 Å². The number of rotatable bonds is 0. The topological polar surface area (TPSA) is 26.0 Å². The minimum atomic E-state index is 0.470.